The van der Waals surface area contributed by atoms with E-state index < -0.39 is 0 Å². The fourth-order valence-electron chi connectivity index (χ4n) is 1.23. The van der Waals surface area contributed by atoms with Gasteiger partial charge in [0.15, 0.2) is 5.82 Å². The molecule has 0 atom stereocenters. The summed E-state index contributed by atoms with van der Waals surface area (Å²) in [5.41, 5.74) is 0. The van der Waals surface area contributed by atoms with Gasteiger partial charge in [0.1, 0.15) is 6.33 Å². The second-order valence-electron chi connectivity index (χ2n) is 3.72. The third-order valence-corrected chi connectivity index (χ3v) is 2.12. The van der Waals surface area contributed by atoms with Gasteiger partial charge < -0.3 is 0 Å². The summed E-state index contributed by atoms with van der Waals surface area (Å²) in [6.45, 7) is 3.65. The zero-order chi connectivity index (χ0) is 11.5. The maximum Gasteiger partial charge on any atom is 0.218 e. The number of hydrogen-bond donors (Lipinski definition) is 0. The summed E-state index contributed by atoms with van der Waals surface area (Å²) < 4.78 is 1.50. The normalized spacial score (nSPS) is 10.7. The molecular formula is C11H12N4O. The summed E-state index contributed by atoms with van der Waals surface area (Å²) >= 11 is 0. The van der Waals surface area contributed by atoms with Gasteiger partial charge in [0, 0.05) is 12.1 Å². The van der Waals surface area contributed by atoms with Crippen LogP contribution >= 0.6 is 0 Å². The molecule has 2 heterocycles. The van der Waals surface area contributed by atoms with Crippen LogP contribution in [0.1, 0.15) is 24.5 Å². The molecule has 0 aliphatic carbocycles. The molecule has 0 N–H and O–H groups in total. The molecule has 82 valence electrons. The van der Waals surface area contributed by atoms with Crippen LogP contribution in [-0.4, -0.2) is 25.5 Å². The Morgan fingerprint density at radius 1 is 1.31 bits per heavy atom. The summed E-state index contributed by atoms with van der Waals surface area (Å²) in [6.07, 6.45) is 3.17. The highest BCUT2D eigenvalue weighted by molar-refractivity contribution is 5.93. The number of hydrogen-bond acceptors (Lipinski definition) is 4. The van der Waals surface area contributed by atoms with E-state index in [4.69, 9.17) is 0 Å². The van der Waals surface area contributed by atoms with Crippen LogP contribution in [-0.2, 0) is 0 Å². The Kier molecular flexibility index (Phi) is 2.76. The van der Waals surface area contributed by atoms with Gasteiger partial charge in [-0.1, -0.05) is 19.9 Å². The summed E-state index contributed by atoms with van der Waals surface area (Å²) in [5.74, 6) is 0.729. The van der Waals surface area contributed by atoms with Crippen LogP contribution in [0.2, 0.25) is 0 Å². The molecule has 0 radical (unpaired) electrons. The lowest BCUT2D eigenvalue weighted by molar-refractivity contribution is 0.0929. The average Bonchev–Trinajstić information content (AvgIpc) is 2.78. The summed E-state index contributed by atoms with van der Waals surface area (Å²) in [5, 5.41) is 4.10. The first-order valence-electron chi connectivity index (χ1n) is 5.06. The van der Waals surface area contributed by atoms with Gasteiger partial charge in [-0.05, 0) is 12.1 Å². The van der Waals surface area contributed by atoms with Gasteiger partial charge in [-0.2, -0.15) is 0 Å². The number of aromatic nitrogens is 4. The fourth-order valence-corrected chi connectivity index (χ4v) is 1.23. The minimum absolute atomic E-state index is 0.0605. The topological polar surface area (TPSA) is 60.7 Å². The Bertz CT molecular complexity index is 490. The molecule has 0 saturated carbocycles. The van der Waals surface area contributed by atoms with Crippen molar-refractivity contribution in [3.63, 3.8) is 0 Å². The van der Waals surface area contributed by atoms with Crippen LogP contribution < -0.4 is 0 Å². The van der Waals surface area contributed by atoms with E-state index >= 15 is 0 Å². The molecule has 0 amide bonds. The van der Waals surface area contributed by atoms with Crippen LogP contribution in [0.4, 0.5) is 0 Å². The molecule has 5 nitrogen and oxygen atoms in total. The minimum Gasteiger partial charge on any atom is -0.290 e. The van der Waals surface area contributed by atoms with Crippen molar-refractivity contribution in [2.24, 2.45) is 5.92 Å². The van der Waals surface area contributed by atoms with Crippen molar-refractivity contribution >= 4 is 5.78 Å². The van der Waals surface area contributed by atoms with Crippen LogP contribution in [0.5, 0.6) is 0 Å². The molecule has 0 aromatic carbocycles. The molecule has 0 aliphatic rings. The molecule has 0 fully saturated rings. The maximum absolute atomic E-state index is 11.6. The minimum atomic E-state index is -0.0976. The van der Waals surface area contributed by atoms with E-state index in [1.54, 1.807) is 12.3 Å². The Morgan fingerprint density at radius 2 is 2.12 bits per heavy atom. The monoisotopic (exact) mass is 216 g/mol. The van der Waals surface area contributed by atoms with E-state index in [9.17, 15) is 4.79 Å². The Hall–Kier alpha value is -2.04. The quantitative estimate of drug-likeness (QED) is 0.729. The first-order chi connectivity index (χ1) is 7.68. The van der Waals surface area contributed by atoms with Gasteiger partial charge >= 0.3 is 0 Å². The molecule has 2 aromatic heterocycles. The second kappa shape index (κ2) is 4.22. The van der Waals surface area contributed by atoms with Crippen molar-refractivity contribution in [3.8, 4) is 5.82 Å². The highest BCUT2D eigenvalue weighted by atomic mass is 16.1. The van der Waals surface area contributed by atoms with Gasteiger partial charge in [-0.3, -0.25) is 4.79 Å². The molecule has 0 unspecified atom stereocenters. The number of Topliss-reactive ketones (excluding diaryl/α,β-unsaturated/α-hetero) is 1. The van der Waals surface area contributed by atoms with Crippen molar-refractivity contribution in [1.29, 1.82) is 0 Å². The first-order valence-corrected chi connectivity index (χ1v) is 5.06. The molecule has 5 heteroatoms. The van der Waals surface area contributed by atoms with Crippen molar-refractivity contribution in [3.05, 3.63) is 36.5 Å². The van der Waals surface area contributed by atoms with Gasteiger partial charge in [-0.25, -0.2) is 14.6 Å². The third kappa shape index (κ3) is 1.98. The Balaban J connectivity index is 2.30. The van der Waals surface area contributed by atoms with Gasteiger partial charge in [0.2, 0.25) is 11.6 Å². The van der Waals surface area contributed by atoms with Crippen molar-refractivity contribution in [1.82, 2.24) is 19.7 Å². The molecule has 0 bridgehead atoms. The highest BCUT2D eigenvalue weighted by Crippen LogP contribution is 2.05. The SMILES string of the molecule is CC(C)C(=O)c1ncn(-c2ccccn2)n1. The van der Waals surface area contributed by atoms with E-state index in [0.29, 0.717) is 5.82 Å². The number of carbonyl (C=O) groups is 1. The van der Waals surface area contributed by atoms with Gasteiger partial charge in [-0.15, -0.1) is 5.10 Å². The fraction of sp³-hybridized carbons (Fsp3) is 0.273. The number of ketones is 1. The molecular weight excluding hydrogens is 204 g/mol. The van der Waals surface area contributed by atoms with Crippen LogP contribution in [0.25, 0.3) is 5.82 Å². The van der Waals surface area contributed by atoms with Gasteiger partial charge in [0.05, 0.1) is 0 Å². The second-order valence-corrected chi connectivity index (χ2v) is 3.72. The van der Waals surface area contributed by atoms with Crippen molar-refractivity contribution in [2.45, 2.75) is 13.8 Å². The number of nitrogens with zero attached hydrogens (tertiary/aromatic N) is 4. The summed E-state index contributed by atoms with van der Waals surface area (Å²) in [6, 6.07) is 5.48. The molecule has 0 aliphatic heterocycles. The zero-order valence-corrected chi connectivity index (χ0v) is 9.16. The summed E-state index contributed by atoms with van der Waals surface area (Å²) in [4.78, 5) is 19.7. The van der Waals surface area contributed by atoms with Crippen molar-refractivity contribution < 1.29 is 4.79 Å². The first kappa shape index (κ1) is 10.5. The number of carbonyl (C=O) groups excluding carboxylic acids is 1. The van der Waals surface area contributed by atoms with E-state index in [2.05, 4.69) is 15.1 Å². The van der Waals surface area contributed by atoms with Crippen LogP contribution in [0.15, 0.2) is 30.7 Å². The number of pyridine rings is 1. The Morgan fingerprint density at radius 3 is 2.75 bits per heavy atom. The smallest absolute Gasteiger partial charge is 0.218 e. The lowest BCUT2D eigenvalue weighted by Gasteiger charge is -1.98. The molecule has 0 spiro atoms. The van der Waals surface area contributed by atoms with Gasteiger partial charge in [0.25, 0.3) is 0 Å². The molecule has 2 rings (SSSR count). The third-order valence-electron chi connectivity index (χ3n) is 2.12. The lowest BCUT2D eigenvalue weighted by atomic mass is 10.1. The predicted octanol–water partition coefficient (Wildman–Crippen LogP) is 1.50. The number of rotatable bonds is 3. The van der Waals surface area contributed by atoms with E-state index in [1.165, 1.54) is 11.0 Å². The largest absolute Gasteiger partial charge is 0.290 e. The van der Waals surface area contributed by atoms with E-state index in [-0.39, 0.29) is 17.5 Å². The predicted molar refractivity (Wildman–Crippen MR) is 58.3 cm³/mol. The zero-order valence-electron chi connectivity index (χ0n) is 9.16. The molecule has 16 heavy (non-hydrogen) atoms. The average molecular weight is 216 g/mol. The molecule has 0 saturated heterocycles. The van der Waals surface area contributed by atoms with Crippen molar-refractivity contribution in [2.75, 3.05) is 0 Å². The van der Waals surface area contributed by atoms with Crippen LogP contribution in [0, 0.1) is 5.92 Å². The summed E-state index contributed by atoms with van der Waals surface area (Å²) in [7, 11) is 0. The Labute approximate surface area is 93.2 Å². The maximum atomic E-state index is 11.6. The van der Waals surface area contributed by atoms with E-state index in [0.717, 1.165) is 0 Å². The molecule has 2 aromatic rings. The van der Waals surface area contributed by atoms with E-state index in [1.807, 2.05) is 26.0 Å². The standard InChI is InChI=1S/C11H12N4O/c1-8(2)10(16)11-13-7-15(14-11)9-5-3-4-6-12-9/h3-8H,1-2H3. The highest BCUT2D eigenvalue weighted by Gasteiger charge is 2.15. The van der Waals surface area contributed by atoms with Crippen LogP contribution in [0.3, 0.4) is 0 Å². The lowest BCUT2D eigenvalue weighted by Crippen LogP contribution is -2.10.